The van der Waals surface area contributed by atoms with Crippen molar-refractivity contribution < 1.29 is 19.4 Å². The second kappa shape index (κ2) is 13.1. The average molecular weight is 722 g/mol. The van der Waals surface area contributed by atoms with E-state index in [1.54, 1.807) is 6.33 Å². The fourth-order valence-corrected chi connectivity index (χ4v) is 13.3. The quantitative estimate of drug-likeness (QED) is 0.246. The van der Waals surface area contributed by atoms with E-state index in [1.165, 1.54) is 24.8 Å². The van der Waals surface area contributed by atoms with Gasteiger partial charge in [0.2, 0.25) is 5.95 Å². The lowest BCUT2D eigenvalue weighted by Crippen LogP contribution is -2.70. The second-order valence-electron chi connectivity index (χ2n) is 20.6. The van der Waals surface area contributed by atoms with Crippen molar-refractivity contribution in [3.05, 3.63) is 18.0 Å². The van der Waals surface area contributed by atoms with Gasteiger partial charge in [-0.15, -0.1) is 0 Å². The first-order valence-electron chi connectivity index (χ1n) is 20.9. The molecule has 7 rings (SSSR count). The Hall–Kier alpha value is -1.97. The van der Waals surface area contributed by atoms with E-state index in [4.69, 9.17) is 25.3 Å². The van der Waals surface area contributed by atoms with Gasteiger partial charge in [-0.05, 0) is 116 Å². The van der Waals surface area contributed by atoms with E-state index in [9.17, 15) is 9.90 Å². The van der Waals surface area contributed by atoms with E-state index >= 15 is 0 Å². The number of rotatable bonds is 9. The fraction of sp³-hybridized carbons (Fsp3) is 0.884. The molecule has 292 valence electrons. The van der Waals surface area contributed by atoms with Crippen molar-refractivity contribution in [3.63, 3.8) is 0 Å². The van der Waals surface area contributed by atoms with Crippen LogP contribution in [0, 0.1) is 62.6 Å². The van der Waals surface area contributed by atoms with Crippen LogP contribution in [0.25, 0.3) is 0 Å². The minimum absolute atomic E-state index is 0.0263. The molecule has 1 aromatic rings. The van der Waals surface area contributed by atoms with Crippen LogP contribution >= 0.6 is 0 Å². The number of hydrogen-bond donors (Lipinski definition) is 2. The summed E-state index contributed by atoms with van der Waals surface area (Å²) in [5, 5.41) is 16.2. The molecule has 5 fully saturated rings. The Balaban J connectivity index is 1.38. The van der Waals surface area contributed by atoms with Gasteiger partial charge in [0, 0.05) is 24.0 Å². The monoisotopic (exact) mass is 722 g/mol. The number of nitrogens with zero attached hydrogens (tertiary/aromatic N) is 4. The summed E-state index contributed by atoms with van der Waals surface area (Å²) in [5.74, 6) is 1.55. The number of fused-ring (bicyclic) bond motifs is 3. The molecule has 12 atom stereocenters. The third-order valence-corrected chi connectivity index (χ3v) is 17.4. The van der Waals surface area contributed by atoms with Crippen LogP contribution in [0.4, 0.5) is 5.95 Å². The molecule has 1 aromatic heterocycles. The molecule has 4 aliphatic carbocycles. The Bertz CT molecular complexity index is 1530. The Kier molecular flexibility index (Phi) is 9.63. The summed E-state index contributed by atoms with van der Waals surface area (Å²) in [6.45, 7) is 26.7. The normalized spacial score (nSPS) is 43.6. The van der Waals surface area contributed by atoms with E-state index in [2.05, 4.69) is 84.9 Å². The van der Waals surface area contributed by atoms with Gasteiger partial charge in [-0.3, -0.25) is 4.79 Å². The average Bonchev–Trinajstić information content (AvgIpc) is 3.58. The maximum Gasteiger partial charge on any atom is 0.307 e. The second-order valence-corrected chi connectivity index (χ2v) is 20.6. The Labute approximate surface area is 314 Å². The van der Waals surface area contributed by atoms with E-state index in [-0.39, 0.29) is 51.1 Å². The van der Waals surface area contributed by atoms with Crippen LogP contribution in [-0.2, 0) is 14.3 Å². The number of carboxylic acids is 1. The number of hydrogen-bond acceptors (Lipinski definition) is 7. The predicted molar refractivity (Wildman–Crippen MR) is 206 cm³/mol. The van der Waals surface area contributed by atoms with Crippen LogP contribution in [0.15, 0.2) is 18.0 Å². The third kappa shape index (κ3) is 5.42. The smallest absolute Gasteiger partial charge is 0.307 e. The lowest BCUT2D eigenvalue weighted by atomic mass is 9.34. The summed E-state index contributed by atoms with van der Waals surface area (Å²) >= 11 is 0. The zero-order valence-corrected chi connectivity index (χ0v) is 34.2. The Morgan fingerprint density at radius 2 is 1.77 bits per heavy atom. The van der Waals surface area contributed by atoms with Gasteiger partial charge in [-0.2, -0.15) is 10.1 Å². The summed E-state index contributed by atoms with van der Waals surface area (Å²) in [4.78, 5) is 21.0. The lowest BCUT2D eigenvalue weighted by Gasteiger charge is -2.71. The first-order chi connectivity index (χ1) is 24.4. The number of piperidine rings is 1. The van der Waals surface area contributed by atoms with Crippen LogP contribution in [0.1, 0.15) is 133 Å². The van der Waals surface area contributed by atoms with Gasteiger partial charge in [0.15, 0.2) is 0 Å². The SMILES string of the molecule is CC(C)[C@@H](C)[C@@]1(C)CC[C@]2(C)[C@H]3CC[C@@H]4[C@@]5(C)COC[C@@]4(C3=CC[C@@]2(C)[C@@H]1C(=O)O)[C@@H](OC[C@](C)(N)C(C)C)[C@H](n1ncnc1N1CCCCC1)C5. The molecule has 0 unspecified atom stereocenters. The predicted octanol–water partition coefficient (Wildman–Crippen LogP) is 8.16. The molecule has 2 aliphatic heterocycles. The molecule has 52 heavy (non-hydrogen) atoms. The molecule has 0 aromatic carbocycles. The molecule has 0 amide bonds. The van der Waals surface area contributed by atoms with Gasteiger partial charge >= 0.3 is 5.97 Å². The number of ether oxygens (including phenoxy) is 2. The minimum Gasteiger partial charge on any atom is -0.481 e. The van der Waals surface area contributed by atoms with Crippen molar-refractivity contribution >= 4 is 11.9 Å². The first-order valence-corrected chi connectivity index (χ1v) is 20.9. The molecule has 0 radical (unpaired) electrons. The molecule has 3 N–H and O–H groups in total. The largest absolute Gasteiger partial charge is 0.481 e. The van der Waals surface area contributed by atoms with Gasteiger partial charge in [0.1, 0.15) is 6.33 Å². The van der Waals surface area contributed by atoms with Crippen LogP contribution in [-0.4, -0.2) is 70.4 Å². The zero-order valence-electron chi connectivity index (χ0n) is 34.2. The topological polar surface area (TPSA) is 116 Å². The fourth-order valence-electron chi connectivity index (χ4n) is 13.3. The van der Waals surface area contributed by atoms with E-state index in [1.807, 2.05) is 0 Å². The molecule has 3 heterocycles. The molecule has 6 aliphatic rings. The molecule has 9 heteroatoms. The summed E-state index contributed by atoms with van der Waals surface area (Å²) in [7, 11) is 0. The molecule has 0 spiro atoms. The highest BCUT2D eigenvalue weighted by Gasteiger charge is 2.73. The molecule has 3 saturated carbocycles. The maximum atomic E-state index is 13.6. The summed E-state index contributed by atoms with van der Waals surface area (Å²) in [5.41, 5.74) is 6.74. The number of carbonyl (C=O) groups is 1. The van der Waals surface area contributed by atoms with Gasteiger partial charge in [-0.25, -0.2) is 4.68 Å². The number of aromatic nitrogens is 3. The zero-order chi connectivity index (χ0) is 37.6. The van der Waals surface area contributed by atoms with Crippen molar-refractivity contribution in [1.29, 1.82) is 0 Å². The van der Waals surface area contributed by atoms with E-state index < -0.39 is 17.4 Å². The highest BCUT2D eigenvalue weighted by Crippen LogP contribution is 2.75. The van der Waals surface area contributed by atoms with Crippen molar-refractivity contribution in [2.45, 2.75) is 145 Å². The molecular weight excluding hydrogens is 651 g/mol. The standard InChI is InChI=1S/C43H71N5O4/c1-27(2)29(5)39(7)18-19-40(8)30-14-15-33-38(6)22-32(48-37(45-26-46-48)47-20-12-11-13-21-47)35(52-24-42(10,44)28(3)4)43(33,25-51-23-38)31(30)16-17-41(40,9)34(39)36(49)50/h16,26-30,32-35H,11-15,17-25,44H2,1-10H3,(H,49,50)/t29-,30+,32-,33-,34-,35+,38-,39-,40-,41+,42+,43+/m1/s1. The number of carboxylic acid groups (broad SMARTS) is 1. The number of allylic oxidation sites excluding steroid dienone is 1. The molecule has 2 saturated heterocycles. The van der Waals surface area contributed by atoms with E-state index in [0.717, 1.165) is 64.2 Å². The van der Waals surface area contributed by atoms with Crippen LogP contribution in [0.2, 0.25) is 0 Å². The number of anilines is 1. The first kappa shape index (κ1) is 38.3. The number of aliphatic carboxylic acids is 1. The van der Waals surface area contributed by atoms with Crippen LogP contribution in [0.3, 0.4) is 0 Å². The summed E-state index contributed by atoms with van der Waals surface area (Å²) in [6, 6.07) is -0.0263. The summed E-state index contributed by atoms with van der Waals surface area (Å²) < 4.78 is 16.5. The van der Waals surface area contributed by atoms with Gasteiger partial charge in [0.25, 0.3) is 0 Å². The number of nitrogens with two attached hydrogens (primary N) is 1. The van der Waals surface area contributed by atoms with Crippen LogP contribution < -0.4 is 10.6 Å². The lowest BCUT2D eigenvalue weighted by molar-refractivity contribution is -0.254. The highest BCUT2D eigenvalue weighted by atomic mass is 16.5. The third-order valence-electron chi connectivity index (χ3n) is 17.4. The van der Waals surface area contributed by atoms with Crippen molar-refractivity contribution in [2.24, 2.45) is 68.3 Å². The minimum atomic E-state index is -0.619. The Morgan fingerprint density at radius 3 is 2.42 bits per heavy atom. The Morgan fingerprint density at radius 1 is 1.06 bits per heavy atom. The van der Waals surface area contributed by atoms with Gasteiger partial charge < -0.3 is 25.2 Å². The summed E-state index contributed by atoms with van der Waals surface area (Å²) in [6.07, 6.45) is 13.5. The molecular formula is C43H71N5O4. The van der Waals surface area contributed by atoms with Gasteiger partial charge in [0.05, 0.1) is 37.9 Å². The van der Waals surface area contributed by atoms with Crippen molar-refractivity contribution in [2.75, 3.05) is 37.8 Å². The van der Waals surface area contributed by atoms with Crippen molar-refractivity contribution in [3.8, 4) is 0 Å². The molecule has 9 nitrogen and oxygen atoms in total. The van der Waals surface area contributed by atoms with E-state index in [0.29, 0.717) is 31.0 Å². The maximum absolute atomic E-state index is 13.6. The highest BCUT2D eigenvalue weighted by molar-refractivity contribution is 5.73. The van der Waals surface area contributed by atoms with Crippen LogP contribution in [0.5, 0.6) is 0 Å². The van der Waals surface area contributed by atoms with Crippen molar-refractivity contribution in [1.82, 2.24) is 14.8 Å². The van der Waals surface area contributed by atoms with Gasteiger partial charge in [-0.1, -0.05) is 74.0 Å². The molecule has 2 bridgehead atoms.